The fourth-order valence-electron chi connectivity index (χ4n) is 2.14. The summed E-state index contributed by atoms with van der Waals surface area (Å²) in [6.45, 7) is 9.72. The van der Waals surface area contributed by atoms with Crippen molar-refractivity contribution in [2.24, 2.45) is 5.41 Å². The van der Waals surface area contributed by atoms with Crippen LogP contribution >= 0.6 is 0 Å². The molecule has 1 aromatic heterocycles. The van der Waals surface area contributed by atoms with Crippen molar-refractivity contribution in [3.63, 3.8) is 0 Å². The topological polar surface area (TPSA) is 52.2 Å². The van der Waals surface area contributed by atoms with E-state index in [2.05, 4.69) is 27.4 Å². The molecule has 0 saturated carbocycles. The zero-order chi connectivity index (χ0) is 14.2. The minimum absolute atomic E-state index is 0.0453. The van der Waals surface area contributed by atoms with Gasteiger partial charge in [-0.3, -0.25) is 4.79 Å². The van der Waals surface area contributed by atoms with Crippen LogP contribution in [0, 0.1) is 5.41 Å². The van der Waals surface area contributed by atoms with Gasteiger partial charge in [0.15, 0.2) is 5.58 Å². The van der Waals surface area contributed by atoms with E-state index in [1.165, 1.54) is 0 Å². The quantitative estimate of drug-likeness (QED) is 0.779. The highest BCUT2D eigenvalue weighted by Crippen LogP contribution is 2.26. The molecule has 19 heavy (non-hydrogen) atoms. The molecule has 0 bridgehead atoms. The number of hydrogen-bond donors (Lipinski definition) is 0. The third-order valence-electron chi connectivity index (χ3n) is 2.80. The number of hydrogen-bond acceptors (Lipinski definition) is 3. The molecule has 100 valence electrons. The molecule has 0 unspecified atom stereocenters. The van der Waals surface area contributed by atoms with Gasteiger partial charge in [0.05, 0.1) is 0 Å². The smallest absolute Gasteiger partial charge is 0.407 e. The number of carbonyl (C=O) groups excluding carboxylic acids is 1. The van der Waals surface area contributed by atoms with Crippen LogP contribution in [0.3, 0.4) is 0 Å². The van der Waals surface area contributed by atoms with E-state index in [1.807, 2.05) is 12.1 Å². The molecule has 1 aromatic carbocycles. The number of aromatic nitrogens is 1. The third-order valence-corrected chi connectivity index (χ3v) is 2.80. The predicted octanol–water partition coefficient (Wildman–Crippen LogP) is 3.01. The Morgan fingerprint density at radius 3 is 2.68 bits per heavy atom. The van der Waals surface area contributed by atoms with Crippen LogP contribution in [0.15, 0.2) is 40.1 Å². The predicted molar refractivity (Wildman–Crippen MR) is 74.5 cm³/mol. The largest absolute Gasteiger partial charge is 0.427 e. The lowest BCUT2D eigenvalue weighted by molar-refractivity contribution is 0.0965. The molecule has 0 aliphatic rings. The Hall–Kier alpha value is -2.10. The highest BCUT2D eigenvalue weighted by molar-refractivity contribution is 5.96. The molecule has 0 aliphatic heterocycles. The van der Waals surface area contributed by atoms with Gasteiger partial charge in [0.2, 0.25) is 0 Å². The van der Waals surface area contributed by atoms with Crippen molar-refractivity contribution in [2.75, 3.05) is 0 Å². The summed E-state index contributed by atoms with van der Waals surface area (Å²) in [6.07, 6.45) is 1.86. The number of allylic oxidation sites excluding steroid dienone is 1. The van der Waals surface area contributed by atoms with Crippen molar-refractivity contribution in [1.82, 2.24) is 4.57 Å². The summed E-state index contributed by atoms with van der Waals surface area (Å²) in [7, 11) is 0. The Bertz CT molecular complexity index is 698. The van der Waals surface area contributed by atoms with E-state index in [0.29, 0.717) is 11.1 Å². The molecule has 1 heterocycles. The van der Waals surface area contributed by atoms with Gasteiger partial charge in [0.25, 0.3) is 5.91 Å². The lowest BCUT2D eigenvalue weighted by atomic mass is 9.87. The van der Waals surface area contributed by atoms with E-state index in [4.69, 9.17) is 4.42 Å². The molecular weight excluding hydrogens is 242 g/mol. The highest BCUT2D eigenvalue weighted by atomic mass is 16.4. The molecule has 0 N–H and O–H groups in total. The van der Waals surface area contributed by atoms with Gasteiger partial charge in [-0.25, -0.2) is 9.36 Å². The average molecular weight is 259 g/mol. The number of fused-ring (bicyclic) bond motifs is 1. The first-order valence-electron chi connectivity index (χ1n) is 6.14. The molecule has 0 radical (unpaired) electrons. The van der Waals surface area contributed by atoms with Crippen LogP contribution in [0.4, 0.5) is 0 Å². The van der Waals surface area contributed by atoms with E-state index < -0.39 is 11.7 Å². The second-order valence-electron chi connectivity index (χ2n) is 5.75. The van der Waals surface area contributed by atoms with Crippen LogP contribution < -0.4 is 5.76 Å². The first kappa shape index (κ1) is 13.3. The fourth-order valence-corrected chi connectivity index (χ4v) is 2.14. The SMILES string of the molecule is C=CC(=O)n1c(=O)oc2cccc(CC(C)(C)C)c21. The first-order chi connectivity index (χ1) is 8.83. The number of para-hydroxylation sites is 1. The molecule has 4 nitrogen and oxygen atoms in total. The number of rotatable bonds is 2. The standard InChI is InChI=1S/C15H17NO3/c1-5-12(17)16-13-10(9-15(2,3)4)7-6-8-11(13)19-14(16)18/h5-8H,1,9H2,2-4H3. The molecule has 0 fully saturated rings. The maximum Gasteiger partial charge on any atom is 0.427 e. The van der Waals surface area contributed by atoms with Crippen LogP contribution in [0.25, 0.3) is 11.1 Å². The summed E-state index contributed by atoms with van der Waals surface area (Å²) in [4.78, 5) is 23.6. The molecule has 0 amide bonds. The minimum Gasteiger partial charge on any atom is -0.407 e. The van der Waals surface area contributed by atoms with Crippen LogP contribution in [0.2, 0.25) is 0 Å². The summed E-state index contributed by atoms with van der Waals surface area (Å²) in [5.41, 5.74) is 1.95. The van der Waals surface area contributed by atoms with Crippen LogP contribution in [0.1, 0.15) is 31.1 Å². The second-order valence-corrected chi connectivity index (χ2v) is 5.75. The Labute approximate surface area is 111 Å². The van der Waals surface area contributed by atoms with E-state index in [1.54, 1.807) is 6.07 Å². The monoisotopic (exact) mass is 259 g/mol. The normalized spacial score (nSPS) is 11.7. The molecule has 0 saturated heterocycles. The molecule has 2 aromatic rings. The molecular formula is C15H17NO3. The average Bonchev–Trinajstić information content (AvgIpc) is 2.63. The minimum atomic E-state index is -0.666. The summed E-state index contributed by atoms with van der Waals surface area (Å²) < 4.78 is 6.16. The zero-order valence-corrected chi connectivity index (χ0v) is 11.4. The maximum atomic E-state index is 11.8. The van der Waals surface area contributed by atoms with Crippen molar-refractivity contribution < 1.29 is 9.21 Å². The summed E-state index contributed by atoms with van der Waals surface area (Å²) in [5.74, 6) is -1.13. The van der Waals surface area contributed by atoms with Crippen molar-refractivity contribution in [3.05, 3.63) is 47.0 Å². The second kappa shape index (κ2) is 4.53. The molecule has 0 spiro atoms. The summed E-state index contributed by atoms with van der Waals surface area (Å²) in [6, 6.07) is 5.43. The van der Waals surface area contributed by atoms with E-state index in [9.17, 15) is 9.59 Å². The maximum absolute atomic E-state index is 11.8. The van der Waals surface area contributed by atoms with Gasteiger partial charge in [-0.15, -0.1) is 0 Å². The molecule has 4 heteroatoms. The van der Waals surface area contributed by atoms with Crippen molar-refractivity contribution in [3.8, 4) is 0 Å². The number of carbonyl (C=O) groups is 1. The number of benzene rings is 1. The van der Waals surface area contributed by atoms with Gasteiger partial charge in [-0.2, -0.15) is 0 Å². The van der Waals surface area contributed by atoms with Crippen molar-refractivity contribution in [1.29, 1.82) is 0 Å². The van der Waals surface area contributed by atoms with Gasteiger partial charge in [-0.05, 0) is 29.5 Å². The van der Waals surface area contributed by atoms with Gasteiger partial charge < -0.3 is 4.42 Å². The first-order valence-corrected chi connectivity index (χ1v) is 6.14. The van der Waals surface area contributed by atoms with Gasteiger partial charge in [0.1, 0.15) is 5.52 Å². The Morgan fingerprint density at radius 1 is 1.42 bits per heavy atom. The third kappa shape index (κ3) is 2.52. The lowest BCUT2D eigenvalue weighted by Gasteiger charge is -2.18. The van der Waals surface area contributed by atoms with Crippen LogP contribution in [0.5, 0.6) is 0 Å². The lowest BCUT2D eigenvalue weighted by Crippen LogP contribution is -2.21. The van der Waals surface area contributed by atoms with Crippen molar-refractivity contribution >= 4 is 17.0 Å². The summed E-state index contributed by atoms with van der Waals surface area (Å²) in [5, 5.41) is 0. The van der Waals surface area contributed by atoms with Crippen molar-refractivity contribution in [2.45, 2.75) is 27.2 Å². The number of oxazole rings is 1. The Kier molecular flexibility index (Phi) is 3.18. The van der Waals surface area contributed by atoms with E-state index >= 15 is 0 Å². The van der Waals surface area contributed by atoms with Gasteiger partial charge in [0, 0.05) is 0 Å². The van der Waals surface area contributed by atoms with Gasteiger partial charge >= 0.3 is 5.76 Å². The van der Waals surface area contributed by atoms with Gasteiger partial charge in [-0.1, -0.05) is 39.5 Å². The van der Waals surface area contributed by atoms with Crippen LogP contribution in [-0.2, 0) is 6.42 Å². The van der Waals surface area contributed by atoms with E-state index in [0.717, 1.165) is 22.6 Å². The highest BCUT2D eigenvalue weighted by Gasteiger charge is 2.20. The molecule has 0 atom stereocenters. The summed E-state index contributed by atoms with van der Waals surface area (Å²) >= 11 is 0. The molecule has 0 aliphatic carbocycles. The Balaban J connectivity index is 2.75. The number of nitrogens with zero attached hydrogens (tertiary/aromatic N) is 1. The van der Waals surface area contributed by atoms with E-state index in [-0.39, 0.29) is 5.41 Å². The molecule has 2 rings (SSSR count). The fraction of sp³-hybridized carbons (Fsp3) is 0.333. The zero-order valence-electron chi connectivity index (χ0n) is 11.4. The van der Waals surface area contributed by atoms with Crippen LogP contribution in [-0.4, -0.2) is 10.5 Å². The Morgan fingerprint density at radius 2 is 2.11 bits per heavy atom.